The molecule has 0 spiro atoms. The molecule has 24 heavy (non-hydrogen) atoms. The fourth-order valence-electron chi connectivity index (χ4n) is 6.82. The Morgan fingerprint density at radius 2 is 1.79 bits per heavy atom. The van der Waals surface area contributed by atoms with Crippen LogP contribution >= 0.6 is 0 Å². The molecule has 0 amide bonds. The maximum atomic E-state index is 9.77. The highest BCUT2D eigenvalue weighted by atomic mass is 16.3. The van der Waals surface area contributed by atoms with E-state index >= 15 is 0 Å². The van der Waals surface area contributed by atoms with Crippen LogP contribution in [-0.4, -0.2) is 11.7 Å². The Kier molecular flexibility index (Phi) is 5.79. The molecule has 0 heterocycles. The van der Waals surface area contributed by atoms with E-state index in [2.05, 4.69) is 27.7 Å². The van der Waals surface area contributed by atoms with Gasteiger partial charge in [-0.3, -0.25) is 0 Å². The van der Waals surface area contributed by atoms with Crippen molar-refractivity contribution in [3.63, 3.8) is 0 Å². The molecule has 4 aliphatic carbocycles. The molecule has 2 saturated carbocycles. The van der Waals surface area contributed by atoms with E-state index in [0.717, 1.165) is 23.7 Å². The summed E-state index contributed by atoms with van der Waals surface area (Å²) in [6.07, 6.45) is 13.8. The van der Waals surface area contributed by atoms with Crippen LogP contribution in [0.1, 0.15) is 91.9 Å². The van der Waals surface area contributed by atoms with Crippen LogP contribution in [0.4, 0.5) is 0 Å². The number of rotatable bonds is 1. The van der Waals surface area contributed by atoms with Crippen molar-refractivity contribution in [1.82, 2.24) is 0 Å². The lowest BCUT2D eigenvalue weighted by Gasteiger charge is -2.52. The molecule has 2 fully saturated rings. The van der Waals surface area contributed by atoms with Gasteiger partial charge in [0.05, 0.1) is 0 Å². The van der Waals surface area contributed by atoms with Gasteiger partial charge in [0.2, 0.25) is 0 Å². The van der Waals surface area contributed by atoms with Gasteiger partial charge in [0, 0.05) is 6.61 Å². The molecule has 138 valence electrons. The first-order valence-corrected chi connectivity index (χ1v) is 10.9. The van der Waals surface area contributed by atoms with E-state index in [1.54, 1.807) is 0 Å². The molecular formula is C23H40O. The highest BCUT2D eigenvalue weighted by molar-refractivity contribution is 5.26. The van der Waals surface area contributed by atoms with Crippen LogP contribution in [0.15, 0.2) is 11.1 Å². The van der Waals surface area contributed by atoms with Gasteiger partial charge in [-0.25, -0.2) is 0 Å². The second-order valence-corrected chi connectivity index (χ2v) is 9.60. The van der Waals surface area contributed by atoms with Crippen LogP contribution in [0.5, 0.6) is 0 Å². The third kappa shape index (κ3) is 3.11. The normalized spacial score (nSPS) is 44.1. The Morgan fingerprint density at radius 1 is 1.04 bits per heavy atom. The van der Waals surface area contributed by atoms with Crippen LogP contribution in [0.25, 0.3) is 0 Å². The van der Waals surface area contributed by atoms with E-state index in [9.17, 15) is 5.11 Å². The van der Waals surface area contributed by atoms with Crippen molar-refractivity contribution in [2.75, 3.05) is 6.61 Å². The molecule has 1 N–H and O–H groups in total. The summed E-state index contributed by atoms with van der Waals surface area (Å²) in [6.45, 7) is 9.63. The zero-order chi connectivity index (χ0) is 17.3. The average Bonchev–Trinajstić information content (AvgIpc) is 2.91. The molecule has 4 rings (SSSR count). The molecule has 0 aromatic heterocycles. The molecule has 6 atom stereocenters. The van der Waals surface area contributed by atoms with Crippen LogP contribution in [0, 0.1) is 35.0 Å². The second-order valence-electron chi connectivity index (χ2n) is 9.60. The lowest BCUT2D eigenvalue weighted by molar-refractivity contribution is -0.00326. The number of fused-ring (bicyclic) bond motifs is 4. The number of allylic oxidation sites excluding steroid dienone is 2. The topological polar surface area (TPSA) is 20.2 Å². The molecule has 6 unspecified atom stereocenters. The maximum Gasteiger partial charge on any atom is 0.0464 e. The SMILES string of the molecule is CC1CCC2=C(CCC3C2CCC2(C)C(CO)CCC32)C1.CCC. The zero-order valence-corrected chi connectivity index (χ0v) is 16.6. The number of aliphatic hydroxyl groups excluding tert-OH is 1. The third-order valence-corrected chi connectivity index (χ3v) is 8.04. The van der Waals surface area contributed by atoms with Crippen LogP contribution < -0.4 is 0 Å². The van der Waals surface area contributed by atoms with Crippen molar-refractivity contribution >= 4 is 0 Å². The summed E-state index contributed by atoms with van der Waals surface area (Å²) in [5.74, 6) is 4.30. The minimum atomic E-state index is 0.426. The van der Waals surface area contributed by atoms with Gasteiger partial charge in [0.1, 0.15) is 0 Å². The summed E-state index contributed by atoms with van der Waals surface area (Å²) in [6, 6.07) is 0. The summed E-state index contributed by atoms with van der Waals surface area (Å²) in [7, 11) is 0. The van der Waals surface area contributed by atoms with E-state index < -0.39 is 0 Å². The summed E-state index contributed by atoms with van der Waals surface area (Å²) < 4.78 is 0. The van der Waals surface area contributed by atoms with Gasteiger partial charge in [0.15, 0.2) is 0 Å². The minimum absolute atomic E-state index is 0.426. The van der Waals surface area contributed by atoms with Gasteiger partial charge in [0.25, 0.3) is 0 Å². The first-order valence-electron chi connectivity index (χ1n) is 10.9. The molecular weight excluding hydrogens is 292 g/mol. The molecule has 0 radical (unpaired) electrons. The van der Waals surface area contributed by atoms with Crippen molar-refractivity contribution < 1.29 is 5.11 Å². The Labute approximate surface area is 150 Å². The van der Waals surface area contributed by atoms with E-state index in [4.69, 9.17) is 0 Å². The van der Waals surface area contributed by atoms with Gasteiger partial charge in [-0.15, -0.1) is 0 Å². The standard InChI is InChI=1S/C20H32O.C3H8/c1-13-3-6-16-14(11-13)4-7-18-17(16)9-10-20(2)15(12-21)5-8-19(18)20;1-3-2/h13,15,17-19,21H,3-12H2,1-2H3;3H2,1-2H3. The monoisotopic (exact) mass is 332 g/mol. The molecule has 0 saturated heterocycles. The Bertz CT molecular complexity index is 465. The fourth-order valence-corrected chi connectivity index (χ4v) is 6.82. The minimum Gasteiger partial charge on any atom is -0.396 e. The molecule has 4 aliphatic rings. The van der Waals surface area contributed by atoms with Crippen molar-refractivity contribution in [3.05, 3.63) is 11.1 Å². The predicted octanol–water partition coefficient (Wildman–Crippen LogP) is 6.36. The number of aliphatic hydroxyl groups is 1. The third-order valence-electron chi connectivity index (χ3n) is 8.04. The van der Waals surface area contributed by atoms with Gasteiger partial charge in [-0.05, 0) is 92.8 Å². The lowest BCUT2D eigenvalue weighted by atomic mass is 9.53. The molecule has 0 aromatic carbocycles. The van der Waals surface area contributed by atoms with Gasteiger partial charge >= 0.3 is 0 Å². The summed E-state index contributed by atoms with van der Waals surface area (Å²) >= 11 is 0. The number of hydrogen-bond donors (Lipinski definition) is 1. The van der Waals surface area contributed by atoms with Gasteiger partial charge in [-0.1, -0.05) is 45.3 Å². The van der Waals surface area contributed by atoms with Crippen molar-refractivity contribution in [2.24, 2.45) is 35.0 Å². The first kappa shape index (κ1) is 18.5. The Hall–Kier alpha value is -0.300. The highest BCUT2D eigenvalue weighted by Crippen LogP contribution is 2.63. The summed E-state index contributed by atoms with van der Waals surface area (Å²) in [5, 5.41) is 9.77. The van der Waals surface area contributed by atoms with E-state index in [1.807, 2.05) is 11.1 Å². The summed E-state index contributed by atoms with van der Waals surface area (Å²) in [4.78, 5) is 0. The van der Waals surface area contributed by atoms with Gasteiger partial charge in [-0.2, -0.15) is 0 Å². The number of hydrogen-bond acceptors (Lipinski definition) is 1. The first-order chi connectivity index (χ1) is 11.5. The molecule has 1 heteroatoms. The molecule has 0 bridgehead atoms. The predicted molar refractivity (Wildman–Crippen MR) is 103 cm³/mol. The Morgan fingerprint density at radius 3 is 2.50 bits per heavy atom. The highest BCUT2D eigenvalue weighted by Gasteiger charge is 2.54. The van der Waals surface area contributed by atoms with E-state index in [1.165, 1.54) is 64.2 Å². The van der Waals surface area contributed by atoms with Crippen molar-refractivity contribution in [1.29, 1.82) is 0 Å². The second kappa shape index (κ2) is 7.52. The van der Waals surface area contributed by atoms with Crippen LogP contribution in [0.3, 0.4) is 0 Å². The maximum absolute atomic E-state index is 9.77. The summed E-state index contributed by atoms with van der Waals surface area (Å²) in [5.41, 5.74) is 4.24. The van der Waals surface area contributed by atoms with E-state index in [-0.39, 0.29) is 0 Å². The largest absolute Gasteiger partial charge is 0.396 e. The quantitative estimate of drug-likeness (QED) is 0.554. The van der Waals surface area contributed by atoms with E-state index in [0.29, 0.717) is 17.9 Å². The molecule has 0 aliphatic heterocycles. The molecule has 0 aromatic rings. The van der Waals surface area contributed by atoms with Gasteiger partial charge < -0.3 is 5.11 Å². The van der Waals surface area contributed by atoms with Crippen LogP contribution in [0.2, 0.25) is 0 Å². The Balaban J connectivity index is 0.000000526. The lowest BCUT2D eigenvalue weighted by Crippen LogP contribution is -2.44. The smallest absolute Gasteiger partial charge is 0.0464 e. The van der Waals surface area contributed by atoms with Crippen LogP contribution in [-0.2, 0) is 0 Å². The average molecular weight is 333 g/mol. The van der Waals surface area contributed by atoms with Crippen molar-refractivity contribution in [2.45, 2.75) is 91.9 Å². The fraction of sp³-hybridized carbons (Fsp3) is 0.913. The molecule has 1 nitrogen and oxygen atoms in total. The zero-order valence-electron chi connectivity index (χ0n) is 16.6. The van der Waals surface area contributed by atoms with Crippen molar-refractivity contribution in [3.8, 4) is 0 Å².